The van der Waals surface area contributed by atoms with Crippen molar-refractivity contribution >= 4 is 40.9 Å². The molecule has 0 unspecified atom stereocenters. The Morgan fingerprint density at radius 2 is 1.83 bits per heavy atom. The lowest BCUT2D eigenvalue weighted by molar-refractivity contribution is -0.127. The highest BCUT2D eigenvalue weighted by molar-refractivity contribution is 8.18. The van der Waals surface area contributed by atoms with Gasteiger partial charge in [-0.3, -0.25) is 19.3 Å². The predicted octanol–water partition coefficient (Wildman–Crippen LogP) is 3.42. The van der Waals surface area contributed by atoms with Crippen molar-refractivity contribution in [3.05, 3.63) is 47.1 Å². The van der Waals surface area contributed by atoms with Crippen LogP contribution >= 0.6 is 11.8 Å². The van der Waals surface area contributed by atoms with Gasteiger partial charge < -0.3 is 19.5 Å². The Morgan fingerprint density at radius 3 is 2.49 bits per heavy atom. The molecule has 182 valence electrons. The number of nitrogens with zero attached hydrogens (tertiary/aromatic N) is 4. The predicted molar refractivity (Wildman–Crippen MR) is 125 cm³/mol. The smallest absolute Gasteiger partial charge is 0.407 e. The Balaban J connectivity index is 1.36. The molecule has 2 saturated heterocycles. The monoisotopic (exact) mass is 498 g/mol. The summed E-state index contributed by atoms with van der Waals surface area (Å²) in [4.78, 5) is 57.4. The SMILES string of the molecule is CC(=O)CN1C(=O)S/C(=C\c2ccc(Oc3cc(OC4CCN(C(=O)O)CC4)ncn3)cc2)C1=O. The van der Waals surface area contributed by atoms with Crippen LogP contribution in [0.25, 0.3) is 6.08 Å². The number of amides is 3. The quantitative estimate of drug-likeness (QED) is 0.565. The summed E-state index contributed by atoms with van der Waals surface area (Å²) in [5.74, 6) is 0.346. The Bertz CT molecular complexity index is 1180. The fourth-order valence-electron chi connectivity index (χ4n) is 3.54. The fourth-order valence-corrected chi connectivity index (χ4v) is 4.38. The number of piperidine rings is 1. The summed E-state index contributed by atoms with van der Waals surface area (Å²) in [6, 6.07) is 8.39. The number of hydrogen-bond donors (Lipinski definition) is 1. The zero-order valence-electron chi connectivity index (χ0n) is 18.7. The van der Waals surface area contributed by atoms with Crippen LogP contribution in [0, 0.1) is 0 Å². The average molecular weight is 499 g/mol. The lowest BCUT2D eigenvalue weighted by Crippen LogP contribution is -2.41. The molecule has 2 aliphatic rings. The van der Waals surface area contributed by atoms with E-state index in [1.807, 2.05) is 0 Å². The maximum Gasteiger partial charge on any atom is 0.407 e. The van der Waals surface area contributed by atoms with Crippen molar-refractivity contribution in [2.45, 2.75) is 25.9 Å². The van der Waals surface area contributed by atoms with E-state index < -0.39 is 17.2 Å². The number of ether oxygens (including phenoxy) is 2. The lowest BCUT2D eigenvalue weighted by atomic mass is 10.1. The molecule has 35 heavy (non-hydrogen) atoms. The molecule has 0 radical (unpaired) electrons. The second-order valence-corrected chi connectivity index (χ2v) is 8.92. The number of carbonyl (C=O) groups excluding carboxylic acids is 3. The van der Waals surface area contributed by atoms with Gasteiger partial charge in [0.2, 0.25) is 11.8 Å². The molecule has 0 aliphatic carbocycles. The molecular formula is C23H22N4O7S. The van der Waals surface area contributed by atoms with E-state index in [1.54, 1.807) is 36.4 Å². The molecule has 0 saturated carbocycles. The second kappa shape index (κ2) is 10.6. The number of carbonyl (C=O) groups is 4. The van der Waals surface area contributed by atoms with Gasteiger partial charge >= 0.3 is 6.09 Å². The van der Waals surface area contributed by atoms with Gasteiger partial charge in [-0.25, -0.2) is 14.8 Å². The first kappa shape index (κ1) is 24.2. The minimum absolute atomic E-state index is 0.143. The van der Waals surface area contributed by atoms with Crippen LogP contribution in [0.15, 0.2) is 41.6 Å². The van der Waals surface area contributed by atoms with E-state index in [2.05, 4.69) is 9.97 Å². The normalized spacial score (nSPS) is 17.7. The maximum absolute atomic E-state index is 12.4. The largest absolute Gasteiger partial charge is 0.474 e. The third-order valence-corrected chi connectivity index (χ3v) is 6.18. The minimum atomic E-state index is -0.930. The van der Waals surface area contributed by atoms with Crippen LogP contribution in [0.5, 0.6) is 17.5 Å². The highest BCUT2D eigenvalue weighted by Gasteiger charge is 2.35. The summed E-state index contributed by atoms with van der Waals surface area (Å²) in [5, 5.41) is 8.58. The van der Waals surface area contributed by atoms with Gasteiger partial charge in [0.05, 0.1) is 17.5 Å². The first-order valence-corrected chi connectivity index (χ1v) is 11.6. The molecular weight excluding hydrogens is 476 g/mol. The first-order chi connectivity index (χ1) is 16.8. The molecule has 1 aromatic carbocycles. The van der Waals surface area contributed by atoms with E-state index in [9.17, 15) is 19.2 Å². The van der Waals surface area contributed by atoms with Gasteiger partial charge in [0.25, 0.3) is 11.1 Å². The molecule has 11 nitrogen and oxygen atoms in total. The number of thioether (sulfide) groups is 1. The van der Waals surface area contributed by atoms with E-state index in [0.29, 0.717) is 43.1 Å². The van der Waals surface area contributed by atoms with Crippen LogP contribution in [0.3, 0.4) is 0 Å². The zero-order chi connectivity index (χ0) is 24.9. The summed E-state index contributed by atoms with van der Waals surface area (Å²) < 4.78 is 11.6. The number of carboxylic acid groups (broad SMARTS) is 1. The summed E-state index contributed by atoms with van der Waals surface area (Å²) in [6.45, 7) is 1.90. The van der Waals surface area contributed by atoms with E-state index in [4.69, 9.17) is 14.6 Å². The summed E-state index contributed by atoms with van der Waals surface area (Å²) in [5.41, 5.74) is 0.685. The maximum atomic E-state index is 12.4. The molecule has 4 rings (SSSR count). The third kappa shape index (κ3) is 6.15. The van der Waals surface area contributed by atoms with Crippen molar-refractivity contribution in [3.8, 4) is 17.5 Å². The molecule has 3 amide bonds. The summed E-state index contributed by atoms with van der Waals surface area (Å²) >= 11 is 0.795. The Kier molecular flexibility index (Phi) is 7.30. The topological polar surface area (TPSA) is 139 Å². The molecule has 1 N–H and O–H groups in total. The standard InChI is InChI=1S/C23H22N4O7S/c1-14(28)12-27-21(29)18(35-23(27)32)10-15-2-4-16(5-3-15)33-19-11-20(25-13-24-19)34-17-6-8-26(9-7-17)22(30)31/h2-5,10-11,13,17H,6-9,12H2,1H3,(H,30,31)/b18-10-. The van der Waals surface area contributed by atoms with Gasteiger partial charge in [-0.1, -0.05) is 12.1 Å². The van der Waals surface area contributed by atoms with Crippen molar-refractivity contribution in [3.63, 3.8) is 0 Å². The van der Waals surface area contributed by atoms with Crippen LogP contribution in [0.1, 0.15) is 25.3 Å². The van der Waals surface area contributed by atoms with E-state index in [1.165, 1.54) is 18.2 Å². The van der Waals surface area contributed by atoms with Crippen molar-refractivity contribution in [2.24, 2.45) is 0 Å². The molecule has 2 fully saturated rings. The van der Waals surface area contributed by atoms with Crippen LogP contribution < -0.4 is 9.47 Å². The van der Waals surface area contributed by atoms with E-state index in [-0.39, 0.29) is 29.2 Å². The van der Waals surface area contributed by atoms with Crippen LogP contribution in [0.4, 0.5) is 9.59 Å². The molecule has 12 heteroatoms. The molecule has 0 bridgehead atoms. The first-order valence-electron chi connectivity index (χ1n) is 10.8. The van der Waals surface area contributed by atoms with Crippen LogP contribution in [-0.4, -0.2) is 73.6 Å². The van der Waals surface area contributed by atoms with E-state index in [0.717, 1.165) is 16.7 Å². The van der Waals surface area contributed by atoms with Gasteiger partial charge in [0.1, 0.15) is 24.0 Å². The van der Waals surface area contributed by atoms with Gasteiger partial charge in [0.15, 0.2) is 0 Å². The van der Waals surface area contributed by atoms with Gasteiger partial charge in [0, 0.05) is 25.9 Å². The number of Topliss-reactive ketones (excluding diaryl/α,β-unsaturated/α-hetero) is 1. The highest BCUT2D eigenvalue weighted by Crippen LogP contribution is 2.32. The number of ketones is 1. The number of likely N-dealkylation sites (tertiary alicyclic amines) is 1. The molecule has 2 aliphatic heterocycles. The minimum Gasteiger partial charge on any atom is -0.474 e. The number of imide groups is 1. The molecule has 2 aromatic rings. The molecule has 0 atom stereocenters. The number of benzene rings is 1. The van der Waals surface area contributed by atoms with Crippen LogP contribution in [-0.2, 0) is 9.59 Å². The van der Waals surface area contributed by atoms with Crippen molar-refractivity contribution in [1.29, 1.82) is 0 Å². The number of hydrogen-bond acceptors (Lipinski definition) is 9. The average Bonchev–Trinajstić information content (AvgIpc) is 3.08. The van der Waals surface area contributed by atoms with E-state index >= 15 is 0 Å². The summed E-state index contributed by atoms with van der Waals surface area (Å²) in [7, 11) is 0. The summed E-state index contributed by atoms with van der Waals surface area (Å²) in [6.07, 6.45) is 2.98. The highest BCUT2D eigenvalue weighted by atomic mass is 32.2. The zero-order valence-corrected chi connectivity index (χ0v) is 19.6. The fraction of sp³-hybridized carbons (Fsp3) is 0.304. The van der Waals surface area contributed by atoms with Gasteiger partial charge in [-0.05, 0) is 42.5 Å². The molecule has 3 heterocycles. The van der Waals surface area contributed by atoms with Crippen molar-refractivity contribution in [1.82, 2.24) is 19.8 Å². The van der Waals surface area contributed by atoms with Gasteiger partial charge in [-0.15, -0.1) is 0 Å². The number of rotatable bonds is 7. The van der Waals surface area contributed by atoms with Crippen molar-refractivity contribution < 1.29 is 33.8 Å². The van der Waals surface area contributed by atoms with Crippen molar-refractivity contribution in [2.75, 3.05) is 19.6 Å². The number of aromatic nitrogens is 2. The second-order valence-electron chi connectivity index (χ2n) is 7.92. The van der Waals surface area contributed by atoms with Gasteiger partial charge in [-0.2, -0.15) is 0 Å². The Morgan fingerprint density at radius 1 is 1.14 bits per heavy atom. The Hall–Kier alpha value is -3.93. The lowest BCUT2D eigenvalue weighted by Gasteiger charge is -2.29. The van der Waals surface area contributed by atoms with Crippen LogP contribution in [0.2, 0.25) is 0 Å². The third-order valence-electron chi connectivity index (χ3n) is 5.27. The molecule has 0 spiro atoms. The molecule has 1 aromatic heterocycles. The Labute approximate surface area is 204 Å².